The maximum atomic E-state index is 5.78. The quantitative estimate of drug-likeness (QED) is 0.619. The Balaban J connectivity index is 2.09. The van der Waals surface area contributed by atoms with E-state index >= 15 is 0 Å². The zero-order valence-electron chi connectivity index (χ0n) is 9.65. The minimum absolute atomic E-state index is 0.756. The Kier molecular flexibility index (Phi) is 3.47. The summed E-state index contributed by atoms with van der Waals surface area (Å²) in [5, 5.41) is 1.23. The Bertz CT molecular complexity index is 462. The minimum atomic E-state index is 0.756. The summed E-state index contributed by atoms with van der Waals surface area (Å²) in [4.78, 5) is 0. The van der Waals surface area contributed by atoms with Gasteiger partial charge in [0.15, 0.2) is 0 Å². The Morgan fingerprint density at radius 3 is 2.94 bits per heavy atom. The smallest absolute Gasteiger partial charge is 0.0645 e. The van der Waals surface area contributed by atoms with Gasteiger partial charge in [0.25, 0.3) is 0 Å². The van der Waals surface area contributed by atoms with E-state index < -0.39 is 0 Å². The molecule has 1 aromatic heterocycles. The topological polar surface area (TPSA) is 40.2 Å². The van der Waals surface area contributed by atoms with E-state index in [9.17, 15) is 0 Å². The molecule has 86 valence electrons. The predicted molar refractivity (Wildman–Crippen MR) is 67.5 cm³/mol. The number of benzene rings is 1. The highest BCUT2D eigenvalue weighted by Crippen LogP contribution is 2.18. The van der Waals surface area contributed by atoms with Gasteiger partial charge in [0.1, 0.15) is 0 Å². The molecule has 0 aliphatic heterocycles. The molecule has 3 heteroatoms. The third kappa shape index (κ3) is 2.36. The average Bonchev–Trinajstić information content (AvgIpc) is 2.67. The highest BCUT2D eigenvalue weighted by Gasteiger charge is 2.00. The van der Waals surface area contributed by atoms with Gasteiger partial charge < -0.3 is 15.0 Å². The lowest BCUT2D eigenvalue weighted by Crippen LogP contribution is -2.05. The number of fused-ring (bicyclic) bond motifs is 1. The van der Waals surface area contributed by atoms with Crippen LogP contribution in [0.15, 0.2) is 30.5 Å². The molecule has 1 aromatic carbocycles. The summed E-state index contributed by atoms with van der Waals surface area (Å²) < 4.78 is 7.67. The Hall–Kier alpha value is -1.48. The third-order valence-corrected chi connectivity index (χ3v) is 2.62. The summed E-state index contributed by atoms with van der Waals surface area (Å²) in [5.74, 6) is 0. The fourth-order valence-electron chi connectivity index (χ4n) is 1.81. The highest BCUT2D eigenvalue weighted by molar-refractivity contribution is 5.83. The highest BCUT2D eigenvalue weighted by atomic mass is 16.5. The van der Waals surface area contributed by atoms with Crippen molar-refractivity contribution in [3.8, 4) is 0 Å². The molecule has 0 amide bonds. The van der Waals surface area contributed by atoms with Crippen LogP contribution in [0.3, 0.4) is 0 Å². The molecule has 0 saturated carbocycles. The number of nitrogens with two attached hydrogens (primary N) is 1. The van der Waals surface area contributed by atoms with Crippen molar-refractivity contribution >= 4 is 16.6 Å². The van der Waals surface area contributed by atoms with Crippen molar-refractivity contribution < 1.29 is 4.74 Å². The van der Waals surface area contributed by atoms with Crippen molar-refractivity contribution in [3.05, 3.63) is 30.5 Å². The lowest BCUT2D eigenvalue weighted by Gasteiger charge is -2.06. The molecule has 0 aliphatic rings. The largest absolute Gasteiger partial charge is 0.399 e. The van der Waals surface area contributed by atoms with E-state index in [1.54, 1.807) is 0 Å². The second kappa shape index (κ2) is 5.03. The molecule has 0 spiro atoms. The molecule has 0 aliphatic carbocycles. The maximum absolute atomic E-state index is 5.78. The van der Waals surface area contributed by atoms with Crippen molar-refractivity contribution in [1.29, 1.82) is 0 Å². The summed E-state index contributed by atoms with van der Waals surface area (Å²) in [6, 6.07) is 8.10. The molecule has 16 heavy (non-hydrogen) atoms. The van der Waals surface area contributed by atoms with E-state index in [4.69, 9.17) is 10.5 Å². The van der Waals surface area contributed by atoms with E-state index in [0.717, 1.165) is 31.9 Å². The average molecular weight is 218 g/mol. The molecule has 3 nitrogen and oxygen atoms in total. The first-order valence-electron chi connectivity index (χ1n) is 5.73. The summed E-state index contributed by atoms with van der Waals surface area (Å²) >= 11 is 0. The number of hydrogen-bond donors (Lipinski definition) is 1. The van der Waals surface area contributed by atoms with Gasteiger partial charge in [-0.3, -0.25) is 0 Å². The van der Waals surface area contributed by atoms with Crippen molar-refractivity contribution in [2.45, 2.75) is 19.9 Å². The summed E-state index contributed by atoms with van der Waals surface area (Å²) in [5.41, 5.74) is 7.77. The van der Waals surface area contributed by atoms with E-state index in [-0.39, 0.29) is 0 Å². The first-order valence-corrected chi connectivity index (χ1v) is 5.73. The number of anilines is 1. The fourth-order valence-corrected chi connectivity index (χ4v) is 1.81. The molecule has 0 unspecified atom stereocenters. The first kappa shape index (κ1) is 11.0. The predicted octanol–water partition coefficient (Wildman–Crippen LogP) is 2.65. The molecule has 0 fully saturated rings. The van der Waals surface area contributed by atoms with E-state index in [1.807, 2.05) is 18.2 Å². The van der Waals surface area contributed by atoms with Crippen LogP contribution >= 0.6 is 0 Å². The fraction of sp³-hybridized carbons (Fsp3) is 0.385. The first-order chi connectivity index (χ1) is 7.81. The van der Waals surface area contributed by atoms with Gasteiger partial charge in [0.05, 0.1) is 12.1 Å². The molecule has 1 heterocycles. The maximum Gasteiger partial charge on any atom is 0.0645 e. The lowest BCUT2D eigenvalue weighted by atomic mass is 10.2. The normalized spacial score (nSPS) is 11.1. The number of aromatic nitrogens is 1. The molecule has 0 radical (unpaired) electrons. The van der Waals surface area contributed by atoms with Crippen LogP contribution < -0.4 is 5.73 Å². The zero-order valence-corrected chi connectivity index (χ0v) is 9.65. The molecule has 0 bridgehead atoms. The monoisotopic (exact) mass is 218 g/mol. The Morgan fingerprint density at radius 2 is 2.12 bits per heavy atom. The number of nitrogens with zero attached hydrogens (tertiary/aromatic N) is 1. The van der Waals surface area contributed by atoms with Gasteiger partial charge >= 0.3 is 0 Å². The van der Waals surface area contributed by atoms with Crippen LogP contribution in [0.2, 0.25) is 0 Å². The van der Waals surface area contributed by atoms with Gasteiger partial charge in [-0.05, 0) is 30.0 Å². The van der Waals surface area contributed by atoms with Crippen LogP contribution in [0.25, 0.3) is 10.9 Å². The van der Waals surface area contributed by atoms with Gasteiger partial charge in [-0.2, -0.15) is 0 Å². The lowest BCUT2D eigenvalue weighted by molar-refractivity contribution is 0.127. The third-order valence-electron chi connectivity index (χ3n) is 2.62. The van der Waals surface area contributed by atoms with E-state index in [0.29, 0.717) is 0 Å². The number of hydrogen-bond acceptors (Lipinski definition) is 2. The summed E-state index contributed by atoms with van der Waals surface area (Å²) in [7, 11) is 0. The standard InChI is InChI=1S/C13H18N2O/c1-2-8-16-9-7-15-6-5-11-3-4-12(14)10-13(11)15/h3-6,10H,2,7-9,14H2,1H3. The van der Waals surface area contributed by atoms with Crippen molar-refractivity contribution in [2.24, 2.45) is 0 Å². The van der Waals surface area contributed by atoms with Crippen molar-refractivity contribution in [1.82, 2.24) is 4.57 Å². The van der Waals surface area contributed by atoms with Gasteiger partial charge in [-0.25, -0.2) is 0 Å². The zero-order chi connectivity index (χ0) is 11.4. The molecular formula is C13H18N2O. The second-order valence-corrected chi connectivity index (χ2v) is 3.94. The van der Waals surface area contributed by atoms with Crippen LogP contribution in [-0.4, -0.2) is 17.8 Å². The molecular weight excluding hydrogens is 200 g/mol. The van der Waals surface area contributed by atoms with Crippen molar-refractivity contribution in [3.63, 3.8) is 0 Å². The van der Waals surface area contributed by atoms with Crippen LogP contribution in [0, 0.1) is 0 Å². The van der Waals surface area contributed by atoms with Crippen LogP contribution in [0.4, 0.5) is 5.69 Å². The second-order valence-electron chi connectivity index (χ2n) is 3.94. The molecule has 2 N–H and O–H groups in total. The number of rotatable bonds is 5. The van der Waals surface area contributed by atoms with E-state index in [2.05, 4.69) is 23.8 Å². The summed E-state index contributed by atoms with van der Waals surface area (Å²) in [6.45, 7) is 4.59. The molecule has 2 rings (SSSR count). The van der Waals surface area contributed by atoms with Gasteiger partial charge in [0, 0.05) is 25.0 Å². The van der Waals surface area contributed by atoms with Gasteiger partial charge in [-0.1, -0.05) is 13.0 Å². The van der Waals surface area contributed by atoms with E-state index in [1.165, 1.54) is 10.9 Å². The van der Waals surface area contributed by atoms with Gasteiger partial charge in [-0.15, -0.1) is 0 Å². The number of nitrogen functional groups attached to an aromatic ring is 1. The van der Waals surface area contributed by atoms with Crippen LogP contribution in [0.5, 0.6) is 0 Å². The van der Waals surface area contributed by atoms with Crippen molar-refractivity contribution in [2.75, 3.05) is 18.9 Å². The van der Waals surface area contributed by atoms with Gasteiger partial charge in [0.2, 0.25) is 0 Å². The van der Waals surface area contributed by atoms with Crippen LogP contribution in [0.1, 0.15) is 13.3 Å². The minimum Gasteiger partial charge on any atom is -0.399 e. The molecule has 0 saturated heterocycles. The van der Waals surface area contributed by atoms with Crippen LogP contribution in [-0.2, 0) is 11.3 Å². The number of ether oxygens (including phenoxy) is 1. The Morgan fingerprint density at radius 1 is 1.25 bits per heavy atom. The summed E-state index contributed by atoms with van der Waals surface area (Å²) in [6.07, 6.45) is 3.15. The molecule has 0 atom stereocenters. The SMILES string of the molecule is CCCOCCn1ccc2ccc(N)cc21. The Labute approximate surface area is 95.8 Å². The molecule has 2 aromatic rings.